The number of hydrogen-bond donors (Lipinski definition) is 3. The van der Waals surface area contributed by atoms with Crippen LogP contribution in [0.1, 0.15) is 17.3 Å². The molecule has 1 aromatic carbocycles. The first-order chi connectivity index (χ1) is 8.71. The average molecular weight is 286 g/mol. The fraction of sp³-hybridized carbons (Fsp3) is 0.417. The van der Waals surface area contributed by atoms with Crippen LogP contribution in [0.5, 0.6) is 0 Å². The van der Waals surface area contributed by atoms with Gasteiger partial charge in [-0.3, -0.25) is 4.79 Å². The molecule has 0 saturated carbocycles. The molecule has 2 atom stereocenters. The van der Waals surface area contributed by atoms with Crippen LogP contribution in [-0.4, -0.2) is 44.4 Å². The second-order valence-corrected chi connectivity index (χ2v) is 6.43. The molecule has 0 aromatic heterocycles. The zero-order chi connectivity index (χ0) is 14.6. The minimum atomic E-state index is -3.35. The van der Waals surface area contributed by atoms with Crippen LogP contribution in [0.15, 0.2) is 29.2 Å². The third-order valence-electron chi connectivity index (χ3n) is 2.64. The zero-order valence-corrected chi connectivity index (χ0v) is 11.6. The van der Waals surface area contributed by atoms with Crippen LogP contribution in [0.25, 0.3) is 0 Å². The van der Waals surface area contributed by atoms with Crippen molar-refractivity contribution in [3.63, 3.8) is 0 Å². The molecule has 19 heavy (non-hydrogen) atoms. The first kappa shape index (κ1) is 15.6. The van der Waals surface area contributed by atoms with Crippen LogP contribution in [0.3, 0.4) is 0 Å². The maximum absolute atomic E-state index is 11.8. The lowest BCUT2D eigenvalue weighted by molar-refractivity contribution is 0.0937. The first-order valence-electron chi connectivity index (χ1n) is 5.74. The molecule has 0 saturated heterocycles. The van der Waals surface area contributed by atoms with Crippen molar-refractivity contribution in [3.8, 4) is 0 Å². The molecular weight excluding hydrogens is 268 g/mol. The smallest absolute Gasteiger partial charge is 0.251 e. The van der Waals surface area contributed by atoms with Crippen molar-refractivity contribution in [2.45, 2.75) is 24.0 Å². The second-order valence-electron chi connectivity index (χ2n) is 4.41. The van der Waals surface area contributed by atoms with Crippen LogP contribution in [0.4, 0.5) is 0 Å². The van der Waals surface area contributed by atoms with E-state index in [0.717, 1.165) is 6.26 Å². The van der Waals surface area contributed by atoms with Crippen molar-refractivity contribution >= 4 is 15.7 Å². The molecule has 0 fully saturated rings. The van der Waals surface area contributed by atoms with Crippen molar-refractivity contribution in [2.24, 2.45) is 5.73 Å². The molecule has 0 aliphatic rings. The zero-order valence-electron chi connectivity index (χ0n) is 10.8. The summed E-state index contributed by atoms with van der Waals surface area (Å²) in [7, 11) is -3.35. The third kappa shape index (κ3) is 4.62. The maximum atomic E-state index is 11.8. The summed E-state index contributed by atoms with van der Waals surface area (Å²) >= 11 is 0. The van der Waals surface area contributed by atoms with Gasteiger partial charge < -0.3 is 16.2 Å². The molecule has 0 bridgehead atoms. The molecule has 6 nitrogen and oxygen atoms in total. The largest absolute Gasteiger partial charge is 0.392 e. The summed E-state index contributed by atoms with van der Waals surface area (Å²) in [6.07, 6.45) is 0.343. The van der Waals surface area contributed by atoms with E-state index in [0.29, 0.717) is 0 Å². The van der Waals surface area contributed by atoms with Crippen LogP contribution < -0.4 is 11.1 Å². The second kappa shape index (κ2) is 6.14. The summed E-state index contributed by atoms with van der Waals surface area (Å²) < 4.78 is 22.8. The standard InChI is InChI=1S/C12H18N2O4S/c1-8(15)11(13)7-14-12(16)9-4-3-5-10(6-9)19(2,17)18/h3-6,8,11,15H,7,13H2,1-2H3,(H,14,16). The van der Waals surface area contributed by atoms with E-state index in [-0.39, 0.29) is 17.0 Å². The van der Waals surface area contributed by atoms with E-state index < -0.39 is 27.9 Å². The quantitative estimate of drug-likeness (QED) is 0.678. The lowest BCUT2D eigenvalue weighted by atomic mass is 10.2. The molecule has 0 aliphatic heterocycles. The lowest BCUT2D eigenvalue weighted by Gasteiger charge is -2.15. The van der Waals surface area contributed by atoms with Crippen molar-refractivity contribution < 1.29 is 18.3 Å². The van der Waals surface area contributed by atoms with E-state index in [1.54, 1.807) is 0 Å². The van der Waals surface area contributed by atoms with Crippen LogP contribution >= 0.6 is 0 Å². The van der Waals surface area contributed by atoms with Crippen molar-refractivity contribution in [2.75, 3.05) is 12.8 Å². The third-order valence-corrected chi connectivity index (χ3v) is 3.75. The Morgan fingerprint density at radius 1 is 1.47 bits per heavy atom. The summed E-state index contributed by atoms with van der Waals surface area (Å²) in [6, 6.07) is 5.17. The molecule has 1 amide bonds. The first-order valence-corrected chi connectivity index (χ1v) is 7.63. The molecule has 0 radical (unpaired) electrons. The number of rotatable bonds is 5. The van der Waals surface area contributed by atoms with Gasteiger partial charge in [0.05, 0.1) is 11.0 Å². The Morgan fingerprint density at radius 3 is 2.63 bits per heavy atom. The Bertz CT molecular complexity index is 555. The predicted molar refractivity (Wildman–Crippen MR) is 71.5 cm³/mol. The highest BCUT2D eigenvalue weighted by Crippen LogP contribution is 2.11. The molecule has 106 valence electrons. The molecular formula is C12H18N2O4S. The van der Waals surface area contributed by atoms with E-state index in [9.17, 15) is 18.3 Å². The number of carbonyl (C=O) groups excluding carboxylic acids is 1. The lowest BCUT2D eigenvalue weighted by Crippen LogP contribution is -2.43. The van der Waals surface area contributed by atoms with E-state index in [1.807, 2.05) is 0 Å². The highest BCUT2D eigenvalue weighted by molar-refractivity contribution is 7.90. The molecule has 1 rings (SSSR count). The normalized spacial score (nSPS) is 14.7. The Labute approximate surface area is 112 Å². The molecule has 0 spiro atoms. The van der Waals surface area contributed by atoms with Crippen LogP contribution in [0.2, 0.25) is 0 Å². The molecule has 1 aromatic rings. The number of hydrogen-bond acceptors (Lipinski definition) is 5. The van der Waals surface area contributed by atoms with E-state index >= 15 is 0 Å². The fourth-order valence-electron chi connectivity index (χ4n) is 1.35. The number of amides is 1. The number of carbonyl (C=O) groups is 1. The predicted octanol–water partition coefficient (Wildman–Crippen LogP) is -0.472. The number of aliphatic hydroxyl groups excluding tert-OH is 1. The van der Waals surface area contributed by atoms with Gasteiger partial charge in [0.25, 0.3) is 5.91 Å². The molecule has 0 heterocycles. The summed E-state index contributed by atoms with van der Waals surface area (Å²) in [5.41, 5.74) is 5.82. The van der Waals surface area contributed by atoms with Crippen LogP contribution in [0, 0.1) is 0 Å². The summed E-state index contributed by atoms with van der Waals surface area (Å²) in [5, 5.41) is 11.7. The Morgan fingerprint density at radius 2 is 2.11 bits per heavy atom. The number of aliphatic hydroxyl groups is 1. The summed E-state index contributed by atoms with van der Waals surface area (Å²) in [5.74, 6) is -0.429. The minimum Gasteiger partial charge on any atom is -0.392 e. The summed E-state index contributed by atoms with van der Waals surface area (Å²) in [6.45, 7) is 1.64. The van der Waals surface area contributed by atoms with Crippen LogP contribution in [-0.2, 0) is 9.84 Å². The van der Waals surface area contributed by atoms with Gasteiger partial charge in [0, 0.05) is 24.4 Å². The van der Waals surface area contributed by atoms with Gasteiger partial charge in [-0.25, -0.2) is 8.42 Å². The van der Waals surface area contributed by atoms with Crippen molar-refractivity contribution in [1.82, 2.24) is 5.32 Å². The van der Waals surface area contributed by atoms with Gasteiger partial charge in [-0.2, -0.15) is 0 Å². The highest BCUT2D eigenvalue weighted by Gasteiger charge is 2.14. The van der Waals surface area contributed by atoms with E-state index in [1.165, 1.54) is 31.2 Å². The number of benzene rings is 1. The number of sulfone groups is 1. The fourth-order valence-corrected chi connectivity index (χ4v) is 2.02. The van der Waals surface area contributed by atoms with Gasteiger partial charge >= 0.3 is 0 Å². The molecule has 0 aliphatic carbocycles. The highest BCUT2D eigenvalue weighted by atomic mass is 32.2. The Hall–Kier alpha value is -1.44. The van der Waals surface area contributed by atoms with Gasteiger partial charge in [-0.15, -0.1) is 0 Å². The number of nitrogens with two attached hydrogens (primary N) is 1. The summed E-state index contributed by atoms with van der Waals surface area (Å²) in [4.78, 5) is 11.9. The van der Waals surface area contributed by atoms with Gasteiger partial charge in [0.2, 0.25) is 0 Å². The maximum Gasteiger partial charge on any atom is 0.251 e. The van der Waals surface area contributed by atoms with Crippen molar-refractivity contribution in [3.05, 3.63) is 29.8 Å². The van der Waals surface area contributed by atoms with Gasteiger partial charge in [-0.05, 0) is 25.1 Å². The monoisotopic (exact) mass is 286 g/mol. The number of nitrogens with one attached hydrogen (secondary N) is 1. The Balaban J connectivity index is 2.78. The topological polar surface area (TPSA) is 109 Å². The molecule has 4 N–H and O–H groups in total. The van der Waals surface area contributed by atoms with E-state index in [4.69, 9.17) is 5.73 Å². The average Bonchev–Trinajstić information content (AvgIpc) is 2.34. The minimum absolute atomic E-state index is 0.0833. The molecule has 7 heteroatoms. The molecule has 2 unspecified atom stereocenters. The van der Waals surface area contributed by atoms with Crippen molar-refractivity contribution in [1.29, 1.82) is 0 Å². The SMILES string of the molecule is CC(O)C(N)CNC(=O)c1cccc(S(C)(=O)=O)c1. The Kier molecular flexibility index (Phi) is 5.04. The van der Waals surface area contributed by atoms with Gasteiger partial charge in [0.1, 0.15) is 0 Å². The van der Waals surface area contributed by atoms with Gasteiger partial charge in [0.15, 0.2) is 9.84 Å². The van der Waals surface area contributed by atoms with E-state index in [2.05, 4.69) is 5.32 Å². The van der Waals surface area contributed by atoms with Gasteiger partial charge in [-0.1, -0.05) is 6.07 Å².